The lowest BCUT2D eigenvalue weighted by Gasteiger charge is -2.08. The lowest BCUT2D eigenvalue weighted by molar-refractivity contribution is -0.148. The Bertz CT molecular complexity index is 271. The molecule has 2 N–H and O–H groups in total. The van der Waals surface area contributed by atoms with Crippen LogP contribution in [0.4, 0.5) is 0 Å². The van der Waals surface area contributed by atoms with Gasteiger partial charge in [0.05, 0.1) is 12.3 Å². The van der Waals surface area contributed by atoms with Crippen molar-refractivity contribution < 1.29 is 19.8 Å². The zero-order valence-electron chi connectivity index (χ0n) is 11.1. The second-order valence-electron chi connectivity index (χ2n) is 4.50. The first-order chi connectivity index (χ1) is 8.57. The lowest BCUT2D eigenvalue weighted by atomic mass is 9.97. The van der Waals surface area contributed by atoms with Crippen LogP contribution in [0, 0.1) is 5.92 Å². The molecule has 0 aromatic carbocycles. The standard InChI is InChI=1S/C14H24O4/c1-2-3-4-5-6-7-8-9-10-12(14(17)18)11-13(15)16/h3-4,12H,2,5-11H2,1H3,(H,15,16)(H,17,18)/b4-3+. The highest BCUT2D eigenvalue weighted by atomic mass is 16.4. The Morgan fingerprint density at radius 2 is 1.72 bits per heavy atom. The van der Waals surface area contributed by atoms with Crippen LogP contribution in [-0.4, -0.2) is 22.2 Å². The molecule has 0 heterocycles. The van der Waals surface area contributed by atoms with Gasteiger partial charge >= 0.3 is 11.9 Å². The molecule has 0 bridgehead atoms. The second-order valence-corrected chi connectivity index (χ2v) is 4.50. The summed E-state index contributed by atoms with van der Waals surface area (Å²) in [5.74, 6) is -2.77. The Hall–Kier alpha value is -1.32. The number of allylic oxidation sites excluding steroid dienone is 2. The summed E-state index contributed by atoms with van der Waals surface area (Å²) in [6.45, 7) is 2.10. The van der Waals surface area contributed by atoms with Gasteiger partial charge in [0.2, 0.25) is 0 Å². The third kappa shape index (κ3) is 9.87. The highest BCUT2D eigenvalue weighted by molar-refractivity contribution is 5.77. The maximum atomic E-state index is 10.8. The van der Waals surface area contributed by atoms with Gasteiger partial charge in [-0.3, -0.25) is 9.59 Å². The Labute approximate surface area is 109 Å². The number of rotatable bonds is 11. The van der Waals surface area contributed by atoms with Gasteiger partial charge in [0, 0.05) is 0 Å². The van der Waals surface area contributed by atoms with Crippen LogP contribution in [0.25, 0.3) is 0 Å². The summed E-state index contributed by atoms with van der Waals surface area (Å²) >= 11 is 0. The highest BCUT2D eigenvalue weighted by Crippen LogP contribution is 2.15. The van der Waals surface area contributed by atoms with Crippen LogP contribution >= 0.6 is 0 Å². The summed E-state index contributed by atoms with van der Waals surface area (Å²) < 4.78 is 0. The predicted octanol–water partition coefficient (Wildman–Crippen LogP) is 3.47. The van der Waals surface area contributed by atoms with Crippen molar-refractivity contribution in [2.75, 3.05) is 0 Å². The molecule has 0 amide bonds. The fourth-order valence-electron chi connectivity index (χ4n) is 1.81. The molecular formula is C14H24O4. The van der Waals surface area contributed by atoms with Crippen LogP contribution < -0.4 is 0 Å². The summed E-state index contributed by atoms with van der Waals surface area (Å²) in [6, 6.07) is 0. The lowest BCUT2D eigenvalue weighted by Crippen LogP contribution is -2.17. The van der Waals surface area contributed by atoms with Crippen molar-refractivity contribution in [1.29, 1.82) is 0 Å². The molecule has 4 heteroatoms. The van der Waals surface area contributed by atoms with E-state index in [4.69, 9.17) is 10.2 Å². The van der Waals surface area contributed by atoms with Gasteiger partial charge in [-0.05, 0) is 25.7 Å². The number of carboxylic acid groups (broad SMARTS) is 2. The van der Waals surface area contributed by atoms with Crippen molar-refractivity contribution in [3.63, 3.8) is 0 Å². The van der Waals surface area contributed by atoms with Crippen LogP contribution in [0.5, 0.6) is 0 Å². The van der Waals surface area contributed by atoms with Crippen molar-refractivity contribution in [3.05, 3.63) is 12.2 Å². The minimum Gasteiger partial charge on any atom is -0.481 e. The van der Waals surface area contributed by atoms with Gasteiger partial charge in [0.15, 0.2) is 0 Å². The van der Waals surface area contributed by atoms with Crippen molar-refractivity contribution in [2.24, 2.45) is 5.92 Å². The van der Waals surface area contributed by atoms with E-state index in [1.165, 1.54) is 0 Å². The monoisotopic (exact) mass is 256 g/mol. The number of carbonyl (C=O) groups is 2. The SMILES string of the molecule is CC/C=C/CCCCCCC(CC(=O)O)C(=O)O. The Morgan fingerprint density at radius 1 is 1.06 bits per heavy atom. The van der Waals surface area contributed by atoms with E-state index in [1.54, 1.807) is 0 Å². The molecule has 0 aliphatic carbocycles. The molecule has 0 radical (unpaired) electrons. The summed E-state index contributed by atoms with van der Waals surface area (Å²) in [6.07, 6.45) is 10.6. The van der Waals surface area contributed by atoms with Gasteiger partial charge < -0.3 is 10.2 Å². The zero-order chi connectivity index (χ0) is 13.8. The van der Waals surface area contributed by atoms with E-state index in [2.05, 4.69) is 19.1 Å². The predicted molar refractivity (Wildman–Crippen MR) is 70.5 cm³/mol. The van der Waals surface area contributed by atoms with E-state index in [-0.39, 0.29) is 6.42 Å². The van der Waals surface area contributed by atoms with Crippen molar-refractivity contribution in [2.45, 2.75) is 58.3 Å². The molecule has 18 heavy (non-hydrogen) atoms. The van der Waals surface area contributed by atoms with Crippen LogP contribution in [0.3, 0.4) is 0 Å². The van der Waals surface area contributed by atoms with E-state index in [0.717, 1.165) is 38.5 Å². The van der Waals surface area contributed by atoms with Gasteiger partial charge in [-0.15, -0.1) is 0 Å². The fourth-order valence-corrected chi connectivity index (χ4v) is 1.81. The van der Waals surface area contributed by atoms with Crippen LogP contribution in [0.2, 0.25) is 0 Å². The Kier molecular flexibility index (Phi) is 10.0. The summed E-state index contributed by atoms with van der Waals surface area (Å²) in [4.78, 5) is 21.3. The average Bonchev–Trinajstić information content (AvgIpc) is 2.30. The smallest absolute Gasteiger partial charge is 0.307 e. The number of unbranched alkanes of at least 4 members (excludes halogenated alkanes) is 4. The van der Waals surface area contributed by atoms with Gasteiger partial charge in [-0.2, -0.15) is 0 Å². The van der Waals surface area contributed by atoms with Crippen LogP contribution in [0.1, 0.15) is 58.3 Å². The molecule has 0 aliphatic heterocycles. The summed E-state index contributed by atoms with van der Waals surface area (Å²) in [5, 5.41) is 17.4. The third-order valence-corrected chi connectivity index (χ3v) is 2.85. The first kappa shape index (κ1) is 16.7. The molecule has 0 rings (SSSR count). The molecule has 0 saturated carbocycles. The van der Waals surface area contributed by atoms with Gasteiger partial charge in [0.25, 0.3) is 0 Å². The van der Waals surface area contributed by atoms with E-state index in [1.807, 2.05) is 0 Å². The molecule has 0 aliphatic rings. The number of hydrogen-bond donors (Lipinski definition) is 2. The number of carboxylic acids is 2. The maximum absolute atomic E-state index is 10.8. The van der Waals surface area contributed by atoms with Gasteiger partial charge in [0.1, 0.15) is 0 Å². The second kappa shape index (κ2) is 10.8. The van der Waals surface area contributed by atoms with Crippen molar-refractivity contribution in [1.82, 2.24) is 0 Å². The minimum atomic E-state index is -1.04. The van der Waals surface area contributed by atoms with Gasteiger partial charge in [-0.25, -0.2) is 0 Å². The summed E-state index contributed by atoms with van der Waals surface area (Å²) in [7, 11) is 0. The van der Waals surface area contributed by atoms with E-state index >= 15 is 0 Å². The number of aliphatic carboxylic acids is 2. The first-order valence-electron chi connectivity index (χ1n) is 6.67. The highest BCUT2D eigenvalue weighted by Gasteiger charge is 2.19. The average molecular weight is 256 g/mol. The molecular weight excluding hydrogens is 232 g/mol. The molecule has 0 aromatic rings. The zero-order valence-corrected chi connectivity index (χ0v) is 11.1. The van der Waals surface area contributed by atoms with Crippen molar-refractivity contribution in [3.8, 4) is 0 Å². The fraction of sp³-hybridized carbons (Fsp3) is 0.714. The summed E-state index contributed by atoms with van der Waals surface area (Å²) in [5.41, 5.74) is 0. The molecule has 0 fully saturated rings. The molecule has 4 nitrogen and oxygen atoms in total. The normalized spacial score (nSPS) is 12.7. The first-order valence-corrected chi connectivity index (χ1v) is 6.67. The largest absolute Gasteiger partial charge is 0.481 e. The van der Waals surface area contributed by atoms with E-state index in [9.17, 15) is 9.59 Å². The van der Waals surface area contributed by atoms with Gasteiger partial charge in [-0.1, -0.05) is 38.3 Å². The number of hydrogen-bond acceptors (Lipinski definition) is 2. The molecule has 1 unspecified atom stereocenters. The van der Waals surface area contributed by atoms with Crippen molar-refractivity contribution >= 4 is 11.9 Å². The quantitative estimate of drug-likeness (QED) is 0.438. The minimum absolute atomic E-state index is 0.269. The van der Waals surface area contributed by atoms with Crippen LogP contribution in [-0.2, 0) is 9.59 Å². The van der Waals surface area contributed by atoms with E-state index < -0.39 is 17.9 Å². The molecule has 0 aromatic heterocycles. The molecule has 104 valence electrons. The molecule has 0 spiro atoms. The Balaban J connectivity index is 3.58. The Morgan fingerprint density at radius 3 is 2.28 bits per heavy atom. The third-order valence-electron chi connectivity index (χ3n) is 2.85. The van der Waals surface area contributed by atoms with Crippen LogP contribution in [0.15, 0.2) is 12.2 Å². The maximum Gasteiger partial charge on any atom is 0.307 e. The van der Waals surface area contributed by atoms with E-state index in [0.29, 0.717) is 6.42 Å². The molecule has 1 atom stereocenters. The topological polar surface area (TPSA) is 74.6 Å². The molecule has 0 saturated heterocycles.